The predicted octanol–water partition coefficient (Wildman–Crippen LogP) is 3.08. The Hall–Kier alpha value is -2.16. The topological polar surface area (TPSA) is 76.0 Å². The Balaban J connectivity index is 1.94. The van der Waals surface area contributed by atoms with Crippen LogP contribution in [0.2, 0.25) is 0 Å². The summed E-state index contributed by atoms with van der Waals surface area (Å²) in [7, 11) is -2.31. The molecule has 0 saturated carbocycles. The van der Waals surface area contributed by atoms with E-state index in [0.29, 0.717) is 19.6 Å². The fourth-order valence-electron chi connectivity index (χ4n) is 2.69. The fraction of sp³-hybridized carbons (Fsp3) is 0.263. The van der Waals surface area contributed by atoms with Crippen molar-refractivity contribution in [2.24, 2.45) is 4.40 Å². The van der Waals surface area contributed by atoms with Crippen molar-refractivity contribution in [3.8, 4) is 0 Å². The summed E-state index contributed by atoms with van der Waals surface area (Å²) < 4.78 is 34.3. The zero-order valence-electron chi connectivity index (χ0n) is 14.8. The van der Waals surface area contributed by atoms with Gasteiger partial charge in [-0.2, -0.15) is 8.42 Å². The van der Waals surface area contributed by atoms with Crippen molar-refractivity contribution >= 4 is 32.9 Å². The summed E-state index contributed by atoms with van der Waals surface area (Å²) in [5.41, 5.74) is 0.826. The van der Waals surface area contributed by atoms with E-state index in [1.807, 2.05) is 30.3 Å². The molecule has 1 atom stereocenters. The van der Waals surface area contributed by atoms with Crippen LogP contribution in [0.5, 0.6) is 0 Å². The summed E-state index contributed by atoms with van der Waals surface area (Å²) in [5, 5.41) is -0.299. The summed E-state index contributed by atoms with van der Waals surface area (Å²) in [5.74, 6) is -0.163. The minimum atomic E-state index is -3.89. The van der Waals surface area contributed by atoms with Gasteiger partial charge >= 0.3 is 0 Å². The molecule has 27 heavy (non-hydrogen) atoms. The molecule has 1 heterocycles. The number of amidine groups is 1. The van der Waals surface area contributed by atoms with Crippen LogP contribution in [0.4, 0.5) is 0 Å². The Kier molecular flexibility index (Phi) is 6.30. The van der Waals surface area contributed by atoms with Crippen molar-refractivity contribution in [1.29, 1.82) is 0 Å². The van der Waals surface area contributed by atoms with Crippen LogP contribution in [0.25, 0.3) is 0 Å². The Morgan fingerprint density at radius 3 is 2.33 bits per heavy atom. The SMILES string of the molecule is COCCCN1C(=O)C(c2ccccc2)SC1=NS(=O)(=O)c1ccccc1. The van der Waals surface area contributed by atoms with Gasteiger partial charge in [-0.25, -0.2) is 0 Å². The first-order valence-corrected chi connectivity index (χ1v) is 10.8. The van der Waals surface area contributed by atoms with E-state index in [2.05, 4.69) is 4.40 Å². The van der Waals surface area contributed by atoms with Gasteiger partial charge in [0.05, 0.1) is 4.90 Å². The number of rotatable bonds is 7. The number of ether oxygens (including phenoxy) is 1. The number of carbonyl (C=O) groups excluding carboxylic acids is 1. The molecule has 0 aromatic heterocycles. The molecule has 1 saturated heterocycles. The number of sulfonamides is 1. The summed E-state index contributed by atoms with van der Waals surface area (Å²) in [4.78, 5) is 14.5. The van der Waals surface area contributed by atoms with Crippen molar-refractivity contribution in [1.82, 2.24) is 4.90 Å². The monoisotopic (exact) mass is 404 g/mol. The lowest BCUT2D eigenvalue weighted by atomic mass is 10.1. The van der Waals surface area contributed by atoms with E-state index in [-0.39, 0.29) is 16.0 Å². The predicted molar refractivity (Wildman–Crippen MR) is 106 cm³/mol. The smallest absolute Gasteiger partial charge is 0.284 e. The molecule has 2 aromatic carbocycles. The molecule has 2 aromatic rings. The normalized spacial score (nSPS) is 19.0. The third kappa shape index (κ3) is 4.58. The molecular weight excluding hydrogens is 384 g/mol. The van der Waals surface area contributed by atoms with Gasteiger partial charge in [0.15, 0.2) is 5.17 Å². The van der Waals surface area contributed by atoms with Crippen molar-refractivity contribution in [2.45, 2.75) is 16.6 Å². The molecule has 1 amide bonds. The molecule has 0 radical (unpaired) electrons. The number of nitrogens with zero attached hydrogens (tertiary/aromatic N) is 2. The lowest BCUT2D eigenvalue weighted by Crippen LogP contribution is -2.32. The first-order chi connectivity index (χ1) is 13.0. The first-order valence-electron chi connectivity index (χ1n) is 8.45. The molecular formula is C19H20N2O4S2. The summed E-state index contributed by atoms with van der Waals surface area (Å²) in [6.07, 6.45) is 0.592. The van der Waals surface area contributed by atoms with Gasteiger partial charge in [-0.3, -0.25) is 9.69 Å². The molecule has 142 valence electrons. The number of hydrogen-bond donors (Lipinski definition) is 0. The first kappa shape index (κ1) is 19.6. The summed E-state index contributed by atoms with van der Waals surface area (Å²) in [6.45, 7) is 0.829. The van der Waals surface area contributed by atoms with Crippen molar-refractivity contribution in [3.63, 3.8) is 0 Å². The average molecular weight is 405 g/mol. The van der Waals surface area contributed by atoms with E-state index in [1.54, 1.807) is 25.3 Å². The maximum Gasteiger partial charge on any atom is 0.284 e. The summed E-state index contributed by atoms with van der Waals surface area (Å²) >= 11 is 1.17. The molecule has 8 heteroatoms. The number of thioether (sulfide) groups is 1. The maximum atomic E-state index is 12.9. The van der Waals surface area contributed by atoms with E-state index in [1.165, 1.54) is 28.8 Å². The van der Waals surface area contributed by atoms with Gasteiger partial charge in [-0.1, -0.05) is 60.3 Å². The van der Waals surface area contributed by atoms with Crippen LogP contribution >= 0.6 is 11.8 Å². The number of methoxy groups -OCH3 is 1. The van der Waals surface area contributed by atoms with Gasteiger partial charge < -0.3 is 4.74 Å². The van der Waals surface area contributed by atoms with E-state index in [9.17, 15) is 13.2 Å². The molecule has 0 bridgehead atoms. The van der Waals surface area contributed by atoms with E-state index in [0.717, 1.165) is 5.56 Å². The second-order valence-electron chi connectivity index (χ2n) is 5.91. The van der Waals surface area contributed by atoms with Crippen LogP contribution in [-0.2, 0) is 19.6 Å². The van der Waals surface area contributed by atoms with E-state index >= 15 is 0 Å². The number of amides is 1. The Bertz CT molecular complexity index is 915. The number of hydrogen-bond acceptors (Lipinski definition) is 5. The standard InChI is InChI=1S/C19H20N2O4S2/c1-25-14-8-13-21-18(22)17(15-9-4-2-5-10-15)26-19(21)20-27(23,24)16-11-6-3-7-12-16/h2-7,9-12,17H,8,13-14H2,1H3. The van der Waals surface area contributed by atoms with Crippen molar-refractivity contribution in [2.75, 3.05) is 20.3 Å². The van der Waals surface area contributed by atoms with Gasteiger partial charge in [0, 0.05) is 20.3 Å². The molecule has 1 unspecified atom stereocenters. The van der Waals surface area contributed by atoms with Crippen LogP contribution < -0.4 is 0 Å². The molecule has 1 aliphatic rings. The van der Waals surface area contributed by atoms with Crippen LogP contribution in [-0.4, -0.2) is 44.7 Å². The van der Waals surface area contributed by atoms with E-state index in [4.69, 9.17) is 4.74 Å². The highest BCUT2D eigenvalue weighted by molar-refractivity contribution is 8.15. The molecule has 0 aliphatic carbocycles. The van der Waals surface area contributed by atoms with Crippen LogP contribution in [0.3, 0.4) is 0 Å². The molecule has 3 rings (SSSR count). The Morgan fingerprint density at radius 1 is 1.07 bits per heavy atom. The van der Waals surface area contributed by atoms with Crippen molar-refractivity contribution in [3.05, 3.63) is 66.2 Å². The third-order valence-electron chi connectivity index (χ3n) is 4.02. The zero-order valence-corrected chi connectivity index (χ0v) is 16.4. The molecule has 6 nitrogen and oxygen atoms in total. The molecule has 0 N–H and O–H groups in total. The quantitative estimate of drug-likeness (QED) is 0.663. The highest BCUT2D eigenvalue weighted by Gasteiger charge is 2.39. The minimum Gasteiger partial charge on any atom is -0.385 e. The number of benzene rings is 2. The maximum absolute atomic E-state index is 12.9. The van der Waals surface area contributed by atoms with Crippen LogP contribution in [0.15, 0.2) is 70.0 Å². The minimum absolute atomic E-state index is 0.102. The Labute approximate surface area is 163 Å². The lowest BCUT2D eigenvalue weighted by Gasteiger charge is -2.16. The average Bonchev–Trinajstić information content (AvgIpc) is 2.98. The van der Waals surface area contributed by atoms with Gasteiger partial charge in [-0.15, -0.1) is 4.40 Å². The molecule has 1 fully saturated rings. The highest BCUT2D eigenvalue weighted by Crippen LogP contribution is 2.40. The third-order valence-corrected chi connectivity index (χ3v) is 6.65. The second-order valence-corrected chi connectivity index (χ2v) is 8.58. The molecule has 0 spiro atoms. The van der Waals surface area contributed by atoms with Crippen LogP contribution in [0.1, 0.15) is 17.2 Å². The van der Waals surface area contributed by atoms with Gasteiger partial charge in [-0.05, 0) is 24.1 Å². The number of carbonyl (C=O) groups is 1. The van der Waals surface area contributed by atoms with Crippen LogP contribution in [0, 0.1) is 0 Å². The van der Waals surface area contributed by atoms with Crippen molar-refractivity contribution < 1.29 is 17.9 Å². The summed E-state index contributed by atoms with van der Waals surface area (Å²) in [6, 6.07) is 17.3. The zero-order chi connectivity index (χ0) is 19.3. The second kappa shape index (κ2) is 8.69. The largest absolute Gasteiger partial charge is 0.385 e. The van der Waals surface area contributed by atoms with Gasteiger partial charge in [0.25, 0.3) is 10.0 Å². The van der Waals surface area contributed by atoms with Gasteiger partial charge in [0.1, 0.15) is 5.25 Å². The van der Waals surface area contributed by atoms with E-state index < -0.39 is 15.3 Å². The van der Waals surface area contributed by atoms with Gasteiger partial charge in [0.2, 0.25) is 5.91 Å². The lowest BCUT2D eigenvalue weighted by molar-refractivity contribution is -0.126. The fourth-order valence-corrected chi connectivity index (χ4v) is 5.10. The highest BCUT2D eigenvalue weighted by atomic mass is 32.2. The Morgan fingerprint density at radius 2 is 1.70 bits per heavy atom. The molecule has 1 aliphatic heterocycles.